The van der Waals surface area contributed by atoms with Gasteiger partial charge in [0.15, 0.2) is 0 Å². The largest absolute Gasteiger partial charge is 0.572 e. The third kappa shape index (κ3) is 8.13. The molecule has 0 saturated carbocycles. The van der Waals surface area contributed by atoms with Crippen LogP contribution in [0.15, 0.2) is 78.6 Å². The second-order valence-corrected chi connectivity index (χ2v) is 12.2. The zero-order chi connectivity index (χ0) is 37.4. The van der Waals surface area contributed by atoms with Gasteiger partial charge in [-0.15, -0.1) is 13.2 Å². The summed E-state index contributed by atoms with van der Waals surface area (Å²) >= 11 is 0. The fraction of sp³-hybridized carbons (Fsp3) is 0.306. The molecule has 3 aromatic rings. The number of ether oxygens (including phenoxy) is 3. The number of benzene rings is 2. The molecule has 2 aromatic carbocycles. The van der Waals surface area contributed by atoms with Crippen molar-refractivity contribution in [3.05, 3.63) is 101 Å². The van der Waals surface area contributed by atoms with Crippen LogP contribution in [0.2, 0.25) is 0 Å². The van der Waals surface area contributed by atoms with E-state index in [1.807, 2.05) is 0 Å². The number of aromatic carboxylic acids is 1. The molecular weight excluding hydrogens is 684 g/mol. The van der Waals surface area contributed by atoms with Crippen LogP contribution in [-0.4, -0.2) is 71.7 Å². The number of methoxy groups -OCH3 is 1. The molecule has 2 fully saturated rings. The van der Waals surface area contributed by atoms with Gasteiger partial charge < -0.3 is 24.2 Å². The molecular formula is C36H33F6N3O6. The molecule has 5 rings (SSSR count). The van der Waals surface area contributed by atoms with Crippen molar-refractivity contribution in [2.24, 2.45) is 0 Å². The minimum atomic E-state index is -4.85. The van der Waals surface area contributed by atoms with Crippen LogP contribution in [0.3, 0.4) is 0 Å². The Hall–Kier alpha value is -5.47. The first-order valence-electron chi connectivity index (χ1n) is 15.5. The normalized spacial score (nSPS) is 18.9. The molecule has 0 aliphatic carbocycles. The molecule has 270 valence electrons. The van der Waals surface area contributed by atoms with Crippen molar-refractivity contribution in [2.75, 3.05) is 25.1 Å². The molecule has 0 bridgehead atoms. The molecule has 1 aromatic heterocycles. The van der Waals surface area contributed by atoms with Gasteiger partial charge in [-0.05, 0) is 73.9 Å². The molecule has 2 aliphatic rings. The summed E-state index contributed by atoms with van der Waals surface area (Å²) in [5.41, 5.74) is 2.30. The highest BCUT2D eigenvalue weighted by Crippen LogP contribution is 2.41. The number of carbonyl (C=O) groups excluding carboxylic acids is 1. The number of amides is 1. The highest BCUT2D eigenvalue weighted by molar-refractivity contribution is 5.89. The number of aromatic nitrogens is 1. The Labute approximate surface area is 289 Å². The first kappa shape index (κ1) is 36.8. The summed E-state index contributed by atoms with van der Waals surface area (Å²) < 4.78 is 95.6. The lowest BCUT2D eigenvalue weighted by Gasteiger charge is -2.39. The zero-order valence-electron chi connectivity index (χ0n) is 27.9. The number of anilines is 1. The summed E-state index contributed by atoms with van der Waals surface area (Å²) in [6.07, 6.45) is -2.79. The zero-order valence-corrected chi connectivity index (χ0v) is 27.9. The SMILES string of the molecule is C=C(/C=C\C=C(/C)OC(F)(F)F)[C@H]1OC(=O)N(Cc2nc(N3CC(F)(F)C3)ccc2-c2cc(-c3ccc(C(=O)O)cc3C)c(F)cc2OC)[C@H]1C. The number of carbonyl (C=O) groups is 2. The second kappa shape index (κ2) is 14.0. The minimum absolute atomic E-state index is 0.0224. The number of pyridine rings is 1. The van der Waals surface area contributed by atoms with Gasteiger partial charge in [-0.25, -0.2) is 27.7 Å². The van der Waals surface area contributed by atoms with E-state index in [1.165, 1.54) is 59.4 Å². The van der Waals surface area contributed by atoms with Crippen molar-refractivity contribution < 1.29 is 55.2 Å². The van der Waals surface area contributed by atoms with Gasteiger partial charge in [0, 0.05) is 22.8 Å². The Kier molecular flexibility index (Phi) is 10.1. The number of rotatable bonds is 11. The number of halogens is 6. The van der Waals surface area contributed by atoms with Crippen LogP contribution in [0.25, 0.3) is 22.3 Å². The van der Waals surface area contributed by atoms with Crippen LogP contribution in [-0.2, 0) is 16.0 Å². The Morgan fingerprint density at radius 1 is 1.12 bits per heavy atom. The maximum atomic E-state index is 15.6. The van der Waals surface area contributed by atoms with E-state index in [9.17, 15) is 36.6 Å². The molecule has 2 saturated heterocycles. The maximum absolute atomic E-state index is 15.6. The fourth-order valence-corrected chi connectivity index (χ4v) is 5.92. The van der Waals surface area contributed by atoms with E-state index in [0.29, 0.717) is 22.3 Å². The van der Waals surface area contributed by atoms with Crippen LogP contribution >= 0.6 is 0 Å². The van der Waals surface area contributed by atoms with Crippen LogP contribution < -0.4 is 9.64 Å². The van der Waals surface area contributed by atoms with E-state index in [1.54, 1.807) is 19.9 Å². The predicted octanol–water partition coefficient (Wildman–Crippen LogP) is 8.29. The summed E-state index contributed by atoms with van der Waals surface area (Å²) in [4.78, 5) is 32.1. The molecule has 2 atom stereocenters. The summed E-state index contributed by atoms with van der Waals surface area (Å²) in [5.74, 6) is -4.80. The van der Waals surface area contributed by atoms with E-state index in [2.05, 4.69) is 16.3 Å². The Morgan fingerprint density at radius 3 is 2.41 bits per heavy atom. The molecule has 51 heavy (non-hydrogen) atoms. The third-order valence-electron chi connectivity index (χ3n) is 8.47. The molecule has 0 unspecified atom stereocenters. The smallest absolute Gasteiger partial charge is 0.496 e. The molecule has 0 radical (unpaired) electrons. The first-order valence-corrected chi connectivity index (χ1v) is 15.5. The van der Waals surface area contributed by atoms with Crippen molar-refractivity contribution in [3.8, 4) is 28.0 Å². The number of hydrogen-bond acceptors (Lipinski definition) is 7. The first-order chi connectivity index (χ1) is 23.9. The Balaban J connectivity index is 1.51. The molecule has 1 amide bonds. The number of cyclic esters (lactones) is 1. The Morgan fingerprint density at radius 2 is 1.80 bits per heavy atom. The van der Waals surface area contributed by atoms with Crippen LogP contribution in [0, 0.1) is 12.7 Å². The number of hydrogen-bond donors (Lipinski definition) is 1. The van der Waals surface area contributed by atoms with Gasteiger partial charge in [0.25, 0.3) is 5.92 Å². The lowest BCUT2D eigenvalue weighted by Crippen LogP contribution is -2.56. The van der Waals surface area contributed by atoms with Crippen molar-refractivity contribution in [1.82, 2.24) is 9.88 Å². The van der Waals surface area contributed by atoms with Crippen LogP contribution in [0.4, 0.5) is 37.0 Å². The van der Waals surface area contributed by atoms with Crippen LogP contribution in [0.5, 0.6) is 5.75 Å². The highest BCUT2D eigenvalue weighted by atomic mass is 19.4. The van der Waals surface area contributed by atoms with Gasteiger partial charge in [0.05, 0.1) is 44.0 Å². The van der Waals surface area contributed by atoms with E-state index in [-0.39, 0.29) is 40.5 Å². The molecule has 9 nitrogen and oxygen atoms in total. The van der Waals surface area contributed by atoms with Crippen LogP contribution in [0.1, 0.15) is 35.5 Å². The second-order valence-electron chi connectivity index (χ2n) is 12.2. The van der Waals surface area contributed by atoms with Gasteiger partial charge in [-0.3, -0.25) is 4.90 Å². The van der Waals surface area contributed by atoms with E-state index < -0.39 is 61.2 Å². The van der Waals surface area contributed by atoms with E-state index >= 15 is 4.39 Å². The quantitative estimate of drug-likeness (QED) is 0.120. The van der Waals surface area contributed by atoms with Gasteiger partial charge >= 0.3 is 18.4 Å². The fourth-order valence-electron chi connectivity index (χ4n) is 5.92. The summed E-state index contributed by atoms with van der Waals surface area (Å²) in [7, 11) is 1.34. The number of aryl methyl sites for hydroxylation is 1. The summed E-state index contributed by atoms with van der Waals surface area (Å²) in [5, 5.41) is 9.39. The number of allylic oxidation sites excluding steroid dienone is 3. The summed E-state index contributed by atoms with van der Waals surface area (Å²) in [6.45, 7) is 7.01. The van der Waals surface area contributed by atoms with Gasteiger partial charge in [0.1, 0.15) is 29.2 Å². The van der Waals surface area contributed by atoms with E-state index in [4.69, 9.17) is 9.47 Å². The third-order valence-corrected chi connectivity index (χ3v) is 8.47. The molecule has 1 N–H and O–H groups in total. The standard InChI is InChI=1S/C36H33F6N3O6/c1-19(7-6-8-21(3)51-36(40,41)42)32-22(4)45(34(48)50-32)16-29-25(11-12-31(43-29)44-17-35(38,39)18-44)27-14-26(28(37)15-30(27)49-5)24-10-9-23(33(46)47)13-20(24)2/h6-15,22,32H,1,16-18H2,2-5H3,(H,46,47)/b7-6-,21-8+/t22-,32+/m0/s1. The lowest BCUT2D eigenvalue weighted by molar-refractivity contribution is -0.305. The molecule has 2 aliphatic heterocycles. The maximum Gasteiger partial charge on any atom is 0.572 e. The monoisotopic (exact) mass is 717 g/mol. The average Bonchev–Trinajstić information content (AvgIpc) is 3.31. The van der Waals surface area contributed by atoms with Gasteiger partial charge in [-0.2, -0.15) is 0 Å². The van der Waals surface area contributed by atoms with Crippen molar-refractivity contribution in [2.45, 2.75) is 51.7 Å². The number of carboxylic acids is 1. The minimum Gasteiger partial charge on any atom is -0.496 e. The number of nitrogens with zero attached hydrogens (tertiary/aromatic N) is 3. The number of carboxylic acid groups (broad SMARTS) is 1. The Bertz CT molecular complexity index is 1930. The van der Waals surface area contributed by atoms with Gasteiger partial charge in [-0.1, -0.05) is 24.8 Å². The number of alkyl halides is 5. The molecule has 15 heteroatoms. The highest BCUT2D eigenvalue weighted by Gasteiger charge is 2.45. The van der Waals surface area contributed by atoms with Crippen molar-refractivity contribution >= 4 is 17.9 Å². The average molecular weight is 718 g/mol. The summed E-state index contributed by atoms with van der Waals surface area (Å²) in [6, 6.07) is 9.40. The van der Waals surface area contributed by atoms with E-state index in [0.717, 1.165) is 19.1 Å². The lowest BCUT2D eigenvalue weighted by atomic mass is 9.93. The predicted molar refractivity (Wildman–Crippen MR) is 175 cm³/mol. The molecule has 3 heterocycles. The van der Waals surface area contributed by atoms with Crippen molar-refractivity contribution in [3.63, 3.8) is 0 Å². The van der Waals surface area contributed by atoms with Gasteiger partial charge in [0.2, 0.25) is 0 Å². The molecule has 0 spiro atoms. The van der Waals surface area contributed by atoms with Crippen molar-refractivity contribution in [1.29, 1.82) is 0 Å². The topological polar surface area (TPSA) is 101 Å².